The van der Waals surface area contributed by atoms with E-state index in [1.54, 1.807) is 60.7 Å². The standard InChI is InChI=1S/C32H20N4O5S3/c1-16-7-11-24(17(2)13-16)36-30(40)22(27(37)34-31(36)42)15-19-9-12-26(41-19)44-32-33-23-10-8-18(14-25(23)43-32)35-28(38)20-5-3-4-6-21(20)29(35)39/h3-15H,1-2H3,(H,34,37,42)/b22-15+. The quantitative estimate of drug-likeness (QED) is 0.104. The Morgan fingerprint density at radius 2 is 1.64 bits per heavy atom. The smallest absolute Gasteiger partial charge is 0.270 e. The third kappa shape index (κ3) is 4.73. The minimum atomic E-state index is -0.605. The largest absolute Gasteiger partial charge is 0.450 e. The van der Waals surface area contributed by atoms with Gasteiger partial charge in [-0.1, -0.05) is 29.8 Å². The third-order valence-electron chi connectivity index (χ3n) is 7.18. The van der Waals surface area contributed by atoms with Crippen molar-refractivity contribution in [1.82, 2.24) is 10.3 Å². The molecule has 3 aromatic carbocycles. The number of hydrogen-bond acceptors (Lipinski definition) is 9. The first kappa shape index (κ1) is 27.9. The van der Waals surface area contributed by atoms with Crippen LogP contribution in [0.3, 0.4) is 0 Å². The number of anilines is 2. The van der Waals surface area contributed by atoms with Crippen LogP contribution < -0.4 is 15.1 Å². The number of furan rings is 1. The molecule has 9 nitrogen and oxygen atoms in total. The van der Waals surface area contributed by atoms with Gasteiger partial charge in [0.15, 0.2) is 14.5 Å². The van der Waals surface area contributed by atoms with Crippen molar-refractivity contribution in [2.45, 2.75) is 23.3 Å². The van der Waals surface area contributed by atoms with Gasteiger partial charge in [0.25, 0.3) is 23.6 Å². The van der Waals surface area contributed by atoms with Gasteiger partial charge in [0.1, 0.15) is 11.3 Å². The maximum absolute atomic E-state index is 13.4. The lowest BCUT2D eigenvalue weighted by Crippen LogP contribution is -2.54. The number of carbonyl (C=O) groups excluding carboxylic acids is 4. The number of aromatic nitrogens is 1. The third-order valence-corrected chi connectivity index (χ3v) is 9.46. The Bertz CT molecular complexity index is 2090. The monoisotopic (exact) mass is 636 g/mol. The summed E-state index contributed by atoms with van der Waals surface area (Å²) in [6, 6.07) is 21.0. The first-order valence-corrected chi connectivity index (χ1v) is 15.4. The van der Waals surface area contributed by atoms with Crippen LogP contribution in [0.15, 0.2) is 92.2 Å². The molecule has 2 aromatic heterocycles. The highest BCUT2D eigenvalue weighted by Crippen LogP contribution is 2.38. The fraction of sp³-hybridized carbons (Fsp3) is 0.0625. The maximum Gasteiger partial charge on any atom is 0.270 e. The predicted octanol–water partition coefficient (Wildman–Crippen LogP) is 6.29. The van der Waals surface area contributed by atoms with E-state index in [1.807, 2.05) is 26.0 Å². The van der Waals surface area contributed by atoms with E-state index in [-0.39, 0.29) is 22.5 Å². The molecular weight excluding hydrogens is 617 g/mol. The first-order chi connectivity index (χ1) is 21.2. The van der Waals surface area contributed by atoms with Crippen molar-refractivity contribution in [3.63, 3.8) is 0 Å². The van der Waals surface area contributed by atoms with Gasteiger partial charge in [0.2, 0.25) is 0 Å². The molecule has 0 unspecified atom stereocenters. The fourth-order valence-electron chi connectivity index (χ4n) is 5.13. The van der Waals surface area contributed by atoms with Gasteiger partial charge in [-0.25, -0.2) is 9.88 Å². The van der Waals surface area contributed by atoms with Gasteiger partial charge < -0.3 is 4.42 Å². The van der Waals surface area contributed by atoms with Crippen LogP contribution in [0.5, 0.6) is 0 Å². The molecule has 0 spiro atoms. The summed E-state index contributed by atoms with van der Waals surface area (Å²) in [5.74, 6) is -1.55. The Kier molecular flexibility index (Phi) is 6.76. The second-order valence-electron chi connectivity index (χ2n) is 10.1. The normalized spacial score (nSPS) is 16.0. The lowest BCUT2D eigenvalue weighted by molar-refractivity contribution is -0.122. The molecule has 4 amide bonds. The highest BCUT2D eigenvalue weighted by atomic mass is 32.2. The summed E-state index contributed by atoms with van der Waals surface area (Å²) in [5.41, 5.74) is 4.32. The van der Waals surface area contributed by atoms with Crippen molar-refractivity contribution in [2.24, 2.45) is 0 Å². The number of hydrogen-bond donors (Lipinski definition) is 1. The van der Waals surface area contributed by atoms with Crippen molar-refractivity contribution < 1.29 is 23.6 Å². The van der Waals surface area contributed by atoms with Gasteiger partial charge in [-0.3, -0.25) is 29.4 Å². The molecule has 4 heterocycles. The lowest BCUT2D eigenvalue weighted by atomic mass is 10.1. The zero-order valence-electron chi connectivity index (χ0n) is 23.1. The van der Waals surface area contributed by atoms with Crippen molar-refractivity contribution in [3.05, 3.63) is 106 Å². The van der Waals surface area contributed by atoms with Crippen molar-refractivity contribution in [1.29, 1.82) is 0 Å². The van der Waals surface area contributed by atoms with E-state index in [0.29, 0.717) is 43.2 Å². The van der Waals surface area contributed by atoms with E-state index in [1.165, 1.54) is 39.0 Å². The second-order valence-corrected chi connectivity index (χ2v) is 12.8. The van der Waals surface area contributed by atoms with E-state index in [4.69, 9.17) is 16.6 Å². The molecule has 1 saturated heterocycles. The molecule has 0 bridgehead atoms. The fourth-order valence-corrected chi connectivity index (χ4v) is 7.40. The summed E-state index contributed by atoms with van der Waals surface area (Å²) in [6.45, 7) is 3.83. The lowest BCUT2D eigenvalue weighted by Gasteiger charge is -2.30. The Balaban J connectivity index is 1.12. The van der Waals surface area contributed by atoms with Crippen LogP contribution in [0.1, 0.15) is 37.6 Å². The highest BCUT2D eigenvalue weighted by molar-refractivity contribution is 8.01. The van der Waals surface area contributed by atoms with Crippen molar-refractivity contribution >= 4 is 91.7 Å². The minimum absolute atomic E-state index is 0.0155. The minimum Gasteiger partial charge on any atom is -0.450 e. The molecule has 44 heavy (non-hydrogen) atoms. The molecule has 2 aliphatic heterocycles. The van der Waals surface area contributed by atoms with Crippen LogP contribution in [-0.2, 0) is 9.59 Å². The van der Waals surface area contributed by atoms with Crippen molar-refractivity contribution in [3.8, 4) is 0 Å². The number of benzene rings is 3. The number of amides is 4. The summed E-state index contributed by atoms with van der Waals surface area (Å²) in [7, 11) is 0. The molecular formula is C32H20N4O5S3. The van der Waals surface area contributed by atoms with Crippen LogP contribution in [-0.4, -0.2) is 33.7 Å². The molecule has 0 saturated carbocycles. The Morgan fingerprint density at radius 3 is 2.36 bits per heavy atom. The zero-order chi connectivity index (χ0) is 30.7. The highest BCUT2D eigenvalue weighted by Gasteiger charge is 2.37. The first-order valence-electron chi connectivity index (χ1n) is 13.3. The van der Waals surface area contributed by atoms with E-state index in [0.717, 1.165) is 15.8 Å². The van der Waals surface area contributed by atoms with Crippen LogP contribution in [0.2, 0.25) is 0 Å². The van der Waals surface area contributed by atoms with Gasteiger partial charge in [-0.05, 0) is 98.0 Å². The summed E-state index contributed by atoms with van der Waals surface area (Å²) < 4.78 is 7.40. The Hall–Kier alpha value is -4.91. The number of rotatable bonds is 5. The number of fused-ring (bicyclic) bond motifs is 2. The number of thiazole rings is 1. The number of thiocarbonyl (C=S) groups is 1. The van der Waals surface area contributed by atoms with Crippen LogP contribution in [0.4, 0.5) is 11.4 Å². The van der Waals surface area contributed by atoms with E-state index >= 15 is 0 Å². The summed E-state index contributed by atoms with van der Waals surface area (Å²) >= 11 is 7.98. The maximum atomic E-state index is 13.4. The molecule has 1 N–H and O–H groups in total. The number of carbonyl (C=O) groups is 4. The van der Waals surface area contributed by atoms with Crippen molar-refractivity contribution in [2.75, 3.05) is 9.80 Å². The van der Waals surface area contributed by atoms with Gasteiger partial charge in [0, 0.05) is 0 Å². The van der Waals surface area contributed by atoms with Gasteiger partial charge in [-0.15, -0.1) is 11.3 Å². The van der Waals surface area contributed by atoms with E-state index in [2.05, 4.69) is 10.3 Å². The molecule has 7 rings (SSSR count). The molecule has 216 valence electrons. The average molecular weight is 637 g/mol. The van der Waals surface area contributed by atoms with Crippen LogP contribution >= 0.6 is 35.3 Å². The van der Waals surface area contributed by atoms with Gasteiger partial charge in [-0.2, -0.15) is 0 Å². The SMILES string of the molecule is Cc1ccc(N2C(=O)/C(=C/c3ccc(Sc4nc5ccc(N6C(=O)c7ccccc7C6=O)cc5s4)o3)C(=O)NC2=S)c(C)c1. The predicted molar refractivity (Wildman–Crippen MR) is 172 cm³/mol. The molecule has 0 atom stereocenters. The Labute approximate surface area is 264 Å². The van der Waals surface area contributed by atoms with E-state index < -0.39 is 11.8 Å². The summed E-state index contributed by atoms with van der Waals surface area (Å²) in [5, 5.41) is 3.11. The molecule has 0 aliphatic carbocycles. The number of nitrogens with zero attached hydrogens (tertiary/aromatic N) is 3. The van der Waals surface area contributed by atoms with Gasteiger partial charge in [0.05, 0.1) is 32.7 Å². The van der Waals surface area contributed by atoms with Crippen LogP contribution in [0.25, 0.3) is 16.3 Å². The molecule has 0 radical (unpaired) electrons. The molecule has 2 aliphatic rings. The zero-order valence-corrected chi connectivity index (χ0v) is 25.6. The number of aryl methyl sites for hydroxylation is 2. The topological polar surface area (TPSA) is 113 Å². The number of imide groups is 1. The molecule has 12 heteroatoms. The Morgan fingerprint density at radius 1 is 0.886 bits per heavy atom. The second kappa shape index (κ2) is 10.7. The van der Waals surface area contributed by atoms with Gasteiger partial charge >= 0.3 is 0 Å². The molecule has 5 aromatic rings. The summed E-state index contributed by atoms with van der Waals surface area (Å²) in [6.07, 6.45) is 1.40. The average Bonchev–Trinajstić information content (AvgIpc) is 3.68. The summed E-state index contributed by atoms with van der Waals surface area (Å²) in [4.78, 5) is 59.2. The number of nitrogens with one attached hydrogen (secondary N) is 1. The molecule has 1 fully saturated rings. The van der Waals surface area contributed by atoms with E-state index in [9.17, 15) is 19.2 Å². The van der Waals surface area contributed by atoms with Crippen LogP contribution in [0, 0.1) is 13.8 Å².